The minimum absolute atomic E-state index is 0.00774. The van der Waals surface area contributed by atoms with E-state index in [4.69, 9.17) is 5.11 Å². The Kier molecular flexibility index (Phi) is 3.01. The van der Waals surface area contributed by atoms with Crippen molar-refractivity contribution >= 4 is 28.2 Å². The first-order valence-corrected chi connectivity index (χ1v) is 6.04. The maximum absolute atomic E-state index is 10.9. The Bertz CT molecular complexity index is 781. The molecule has 0 amide bonds. The van der Waals surface area contributed by atoms with E-state index in [1.165, 1.54) is 12.3 Å². The number of nitrogens with one attached hydrogen (secondary N) is 1. The molecule has 3 rings (SSSR count). The number of anilines is 2. The molecule has 0 saturated carbocycles. The predicted octanol–water partition coefficient (Wildman–Crippen LogP) is 3.07. The highest BCUT2D eigenvalue weighted by molar-refractivity contribution is 5.93. The van der Waals surface area contributed by atoms with Crippen molar-refractivity contribution in [2.75, 3.05) is 5.32 Å². The summed E-state index contributed by atoms with van der Waals surface area (Å²) in [5.74, 6) is -1.05. The molecule has 2 aromatic heterocycles. The van der Waals surface area contributed by atoms with Gasteiger partial charge in [-0.05, 0) is 36.4 Å². The summed E-state index contributed by atoms with van der Waals surface area (Å²) < 4.78 is 0. The minimum Gasteiger partial charge on any atom is -0.477 e. The number of carboxylic acid groups (broad SMARTS) is 1. The van der Waals surface area contributed by atoms with Crippen molar-refractivity contribution in [1.82, 2.24) is 9.97 Å². The second-order valence-electron chi connectivity index (χ2n) is 4.24. The molecule has 0 spiro atoms. The molecule has 98 valence electrons. The van der Waals surface area contributed by atoms with Crippen LogP contribution in [-0.2, 0) is 0 Å². The fraction of sp³-hybridized carbons (Fsp3) is 0. The molecule has 0 unspecified atom stereocenters. The molecule has 0 bridgehead atoms. The molecule has 0 aliphatic rings. The van der Waals surface area contributed by atoms with Crippen LogP contribution < -0.4 is 5.32 Å². The second-order valence-corrected chi connectivity index (χ2v) is 4.24. The number of carboxylic acids is 1. The van der Waals surface area contributed by atoms with Crippen molar-refractivity contribution in [3.8, 4) is 0 Å². The first-order valence-electron chi connectivity index (χ1n) is 6.04. The van der Waals surface area contributed by atoms with Gasteiger partial charge in [-0.15, -0.1) is 0 Å². The van der Waals surface area contributed by atoms with Crippen LogP contribution in [-0.4, -0.2) is 21.0 Å². The quantitative estimate of drug-likeness (QED) is 0.761. The smallest absolute Gasteiger partial charge is 0.354 e. The lowest BCUT2D eigenvalue weighted by Crippen LogP contribution is -2.01. The molecular formula is C15H11N3O2. The molecule has 5 heteroatoms. The third-order valence-electron chi connectivity index (χ3n) is 2.90. The lowest BCUT2D eigenvalue weighted by molar-refractivity contribution is 0.0690. The first-order chi connectivity index (χ1) is 9.74. The molecule has 0 fully saturated rings. The Morgan fingerprint density at radius 1 is 1.05 bits per heavy atom. The monoisotopic (exact) mass is 265 g/mol. The van der Waals surface area contributed by atoms with Crippen LogP contribution in [0.3, 0.4) is 0 Å². The van der Waals surface area contributed by atoms with Crippen LogP contribution in [0.25, 0.3) is 10.9 Å². The average Bonchev–Trinajstić information content (AvgIpc) is 2.48. The average molecular weight is 265 g/mol. The van der Waals surface area contributed by atoms with E-state index in [0.717, 1.165) is 16.6 Å². The van der Waals surface area contributed by atoms with E-state index in [9.17, 15) is 4.79 Å². The molecule has 20 heavy (non-hydrogen) atoms. The number of benzene rings is 1. The minimum atomic E-state index is -1.05. The summed E-state index contributed by atoms with van der Waals surface area (Å²) in [6, 6.07) is 12.8. The molecule has 0 aliphatic carbocycles. The molecule has 0 saturated heterocycles. The number of hydrogen-bond acceptors (Lipinski definition) is 4. The molecule has 0 aliphatic heterocycles. The van der Waals surface area contributed by atoms with Gasteiger partial charge in [-0.25, -0.2) is 9.78 Å². The summed E-state index contributed by atoms with van der Waals surface area (Å²) >= 11 is 0. The fourth-order valence-electron chi connectivity index (χ4n) is 1.99. The molecule has 5 nitrogen and oxygen atoms in total. The number of aromatic carboxylic acids is 1. The molecule has 3 aromatic rings. The lowest BCUT2D eigenvalue weighted by atomic mass is 10.1. The van der Waals surface area contributed by atoms with E-state index in [2.05, 4.69) is 15.3 Å². The van der Waals surface area contributed by atoms with Crippen LogP contribution in [0.4, 0.5) is 11.4 Å². The van der Waals surface area contributed by atoms with Crippen molar-refractivity contribution in [3.63, 3.8) is 0 Å². The molecule has 0 radical (unpaired) electrons. The maximum atomic E-state index is 10.9. The van der Waals surface area contributed by atoms with Crippen LogP contribution in [0, 0.1) is 0 Å². The summed E-state index contributed by atoms with van der Waals surface area (Å²) in [5.41, 5.74) is 2.44. The van der Waals surface area contributed by atoms with Crippen LogP contribution in [0.1, 0.15) is 10.5 Å². The highest BCUT2D eigenvalue weighted by Crippen LogP contribution is 2.25. The topological polar surface area (TPSA) is 75.1 Å². The summed E-state index contributed by atoms with van der Waals surface area (Å²) in [6.45, 7) is 0. The Balaban J connectivity index is 2.01. The van der Waals surface area contributed by atoms with Gasteiger partial charge >= 0.3 is 5.97 Å². The number of pyridine rings is 2. The number of carbonyl (C=O) groups is 1. The number of aromatic nitrogens is 2. The van der Waals surface area contributed by atoms with Gasteiger partial charge in [0.2, 0.25) is 0 Å². The van der Waals surface area contributed by atoms with Gasteiger partial charge in [-0.2, -0.15) is 0 Å². The first kappa shape index (κ1) is 12.1. The zero-order chi connectivity index (χ0) is 13.9. The van der Waals surface area contributed by atoms with Crippen molar-refractivity contribution in [2.24, 2.45) is 0 Å². The Hall–Kier alpha value is -2.95. The standard InChI is InChI=1S/C15H11N3O2/c19-15(20)14-9-10(6-8-17-14)18-13-5-1-4-12-11(13)3-2-7-16-12/h1-9H,(H,17,18)(H,19,20). The number of rotatable bonds is 3. The van der Waals surface area contributed by atoms with Crippen molar-refractivity contribution in [3.05, 3.63) is 60.6 Å². The lowest BCUT2D eigenvalue weighted by Gasteiger charge is -2.09. The normalized spacial score (nSPS) is 10.4. The zero-order valence-electron chi connectivity index (χ0n) is 10.4. The van der Waals surface area contributed by atoms with E-state index < -0.39 is 5.97 Å². The van der Waals surface area contributed by atoms with Gasteiger partial charge in [-0.3, -0.25) is 4.98 Å². The molecule has 2 heterocycles. The Morgan fingerprint density at radius 3 is 2.80 bits per heavy atom. The zero-order valence-corrected chi connectivity index (χ0v) is 10.4. The number of hydrogen-bond donors (Lipinski definition) is 2. The van der Waals surface area contributed by atoms with Crippen LogP contribution >= 0.6 is 0 Å². The predicted molar refractivity (Wildman–Crippen MR) is 76.2 cm³/mol. The van der Waals surface area contributed by atoms with E-state index in [1.807, 2.05) is 30.3 Å². The maximum Gasteiger partial charge on any atom is 0.354 e. The molecule has 1 aromatic carbocycles. The largest absolute Gasteiger partial charge is 0.477 e. The molecular weight excluding hydrogens is 254 g/mol. The summed E-state index contributed by atoms with van der Waals surface area (Å²) in [5, 5.41) is 13.1. The van der Waals surface area contributed by atoms with E-state index in [1.54, 1.807) is 12.3 Å². The summed E-state index contributed by atoms with van der Waals surface area (Å²) in [7, 11) is 0. The van der Waals surface area contributed by atoms with E-state index >= 15 is 0 Å². The van der Waals surface area contributed by atoms with Crippen molar-refractivity contribution in [1.29, 1.82) is 0 Å². The third kappa shape index (κ3) is 2.29. The summed E-state index contributed by atoms with van der Waals surface area (Å²) in [4.78, 5) is 19.0. The van der Waals surface area contributed by atoms with Gasteiger partial charge in [0, 0.05) is 29.2 Å². The number of fused-ring (bicyclic) bond motifs is 1. The highest BCUT2D eigenvalue weighted by Gasteiger charge is 2.06. The van der Waals surface area contributed by atoms with Crippen LogP contribution in [0.15, 0.2) is 54.9 Å². The van der Waals surface area contributed by atoms with Crippen molar-refractivity contribution < 1.29 is 9.90 Å². The second kappa shape index (κ2) is 4.97. The Morgan fingerprint density at radius 2 is 1.95 bits per heavy atom. The van der Waals surface area contributed by atoms with Gasteiger partial charge in [0.05, 0.1) is 5.52 Å². The Labute approximate surface area is 114 Å². The van der Waals surface area contributed by atoms with Gasteiger partial charge in [0.15, 0.2) is 0 Å². The van der Waals surface area contributed by atoms with Gasteiger partial charge in [-0.1, -0.05) is 6.07 Å². The molecule has 2 N–H and O–H groups in total. The van der Waals surface area contributed by atoms with Crippen LogP contribution in [0.2, 0.25) is 0 Å². The third-order valence-corrected chi connectivity index (χ3v) is 2.90. The SMILES string of the molecule is O=C(O)c1cc(Nc2cccc3ncccc23)ccn1. The number of nitrogens with zero attached hydrogens (tertiary/aromatic N) is 2. The van der Waals surface area contributed by atoms with Crippen LogP contribution in [0.5, 0.6) is 0 Å². The fourth-order valence-corrected chi connectivity index (χ4v) is 1.99. The van der Waals surface area contributed by atoms with Gasteiger partial charge < -0.3 is 10.4 Å². The van der Waals surface area contributed by atoms with Gasteiger partial charge in [0.1, 0.15) is 5.69 Å². The highest BCUT2D eigenvalue weighted by atomic mass is 16.4. The van der Waals surface area contributed by atoms with E-state index in [-0.39, 0.29) is 5.69 Å². The van der Waals surface area contributed by atoms with Crippen molar-refractivity contribution in [2.45, 2.75) is 0 Å². The van der Waals surface area contributed by atoms with Gasteiger partial charge in [0.25, 0.3) is 0 Å². The van der Waals surface area contributed by atoms with E-state index in [0.29, 0.717) is 5.69 Å². The molecule has 0 atom stereocenters. The summed E-state index contributed by atoms with van der Waals surface area (Å²) in [6.07, 6.45) is 3.20.